The normalized spacial score (nSPS) is 10.2. The van der Waals surface area contributed by atoms with Gasteiger partial charge in [0.1, 0.15) is 0 Å². The van der Waals surface area contributed by atoms with E-state index in [2.05, 4.69) is 10.9 Å². The van der Waals surface area contributed by atoms with E-state index in [-0.39, 0.29) is 11.7 Å². The number of rotatable bonds is 5. The lowest BCUT2D eigenvalue weighted by Gasteiger charge is -2.08. The molecule has 0 aliphatic rings. The largest absolute Gasteiger partial charge is 0.272 e. The van der Waals surface area contributed by atoms with Crippen molar-refractivity contribution in [3.05, 3.63) is 69.7 Å². The quantitative estimate of drug-likeness (QED) is 0.791. The summed E-state index contributed by atoms with van der Waals surface area (Å²) in [5.41, 5.74) is 6.05. The number of hydrogen-bond donors (Lipinski definition) is 2. The molecule has 120 valence electrons. The zero-order valence-corrected chi connectivity index (χ0v) is 14.3. The van der Waals surface area contributed by atoms with Crippen molar-refractivity contribution in [2.45, 2.75) is 5.75 Å². The number of hydrogen-bond acceptors (Lipinski definition) is 3. The van der Waals surface area contributed by atoms with E-state index >= 15 is 0 Å². The molecule has 4 nitrogen and oxygen atoms in total. The maximum Gasteiger partial charge on any atom is 0.271 e. The Morgan fingerprint density at radius 2 is 1.78 bits per heavy atom. The first-order chi connectivity index (χ1) is 11.1. The zero-order valence-electron chi connectivity index (χ0n) is 12.0. The lowest BCUT2D eigenvalue weighted by molar-refractivity contribution is -0.119. The van der Waals surface area contributed by atoms with Gasteiger partial charge in [-0.1, -0.05) is 47.5 Å². The van der Waals surface area contributed by atoms with Gasteiger partial charge in [-0.2, -0.15) is 0 Å². The van der Waals surface area contributed by atoms with E-state index < -0.39 is 5.91 Å². The van der Waals surface area contributed by atoms with Gasteiger partial charge in [-0.15, -0.1) is 11.8 Å². The predicted octanol–water partition coefficient (Wildman–Crippen LogP) is 3.69. The van der Waals surface area contributed by atoms with E-state index in [4.69, 9.17) is 23.2 Å². The summed E-state index contributed by atoms with van der Waals surface area (Å²) < 4.78 is 0. The molecule has 2 aromatic carbocycles. The molecule has 0 aliphatic carbocycles. The highest BCUT2D eigenvalue weighted by Crippen LogP contribution is 2.16. The molecule has 0 fully saturated rings. The van der Waals surface area contributed by atoms with Gasteiger partial charge in [0, 0.05) is 10.8 Å². The molecular formula is C16H14Cl2N2O2S. The maximum absolute atomic E-state index is 11.9. The molecular weight excluding hydrogens is 355 g/mol. The van der Waals surface area contributed by atoms with Gasteiger partial charge in [-0.05, 0) is 29.8 Å². The van der Waals surface area contributed by atoms with Gasteiger partial charge in [-0.25, -0.2) is 0 Å². The molecule has 0 atom stereocenters. The molecule has 0 saturated carbocycles. The highest BCUT2D eigenvalue weighted by atomic mass is 35.5. The molecule has 0 saturated heterocycles. The number of benzene rings is 2. The summed E-state index contributed by atoms with van der Waals surface area (Å²) in [7, 11) is 0. The molecule has 2 amide bonds. The number of amides is 2. The van der Waals surface area contributed by atoms with Crippen LogP contribution in [0, 0.1) is 0 Å². The lowest BCUT2D eigenvalue weighted by Crippen LogP contribution is -2.42. The van der Waals surface area contributed by atoms with Gasteiger partial charge in [0.05, 0.1) is 16.3 Å². The Morgan fingerprint density at radius 3 is 2.52 bits per heavy atom. The fourth-order valence-electron chi connectivity index (χ4n) is 1.76. The summed E-state index contributed by atoms with van der Waals surface area (Å²) in [6, 6.07) is 14.1. The van der Waals surface area contributed by atoms with E-state index in [1.807, 2.05) is 18.2 Å². The molecule has 0 heterocycles. The number of hydrazine groups is 1. The van der Waals surface area contributed by atoms with E-state index in [9.17, 15) is 9.59 Å². The monoisotopic (exact) mass is 368 g/mol. The molecule has 0 aromatic heterocycles. The van der Waals surface area contributed by atoms with Gasteiger partial charge >= 0.3 is 0 Å². The molecule has 7 heteroatoms. The van der Waals surface area contributed by atoms with Crippen molar-refractivity contribution >= 4 is 46.8 Å². The van der Waals surface area contributed by atoms with Crippen LogP contribution in [0.2, 0.25) is 10.0 Å². The molecule has 0 bridgehead atoms. The van der Waals surface area contributed by atoms with Crippen molar-refractivity contribution in [2.75, 3.05) is 5.75 Å². The first kappa shape index (κ1) is 17.7. The zero-order chi connectivity index (χ0) is 16.7. The standard InChI is InChI=1S/C16H14Cl2N2O2S/c17-12-5-3-4-11(8-12)9-23-10-15(21)19-20-16(22)13-6-1-2-7-14(13)18/h1-8H,9-10H2,(H,19,21)(H,20,22). The van der Waals surface area contributed by atoms with Crippen molar-refractivity contribution in [2.24, 2.45) is 0 Å². The van der Waals surface area contributed by atoms with Crippen LogP contribution in [-0.2, 0) is 10.5 Å². The van der Waals surface area contributed by atoms with Crippen LogP contribution in [0.25, 0.3) is 0 Å². The summed E-state index contributed by atoms with van der Waals surface area (Å²) in [6.45, 7) is 0. The van der Waals surface area contributed by atoms with Crippen LogP contribution < -0.4 is 10.9 Å². The molecule has 23 heavy (non-hydrogen) atoms. The summed E-state index contributed by atoms with van der Waals surface area (Å²) in [6.07, 6.45) is 0. The minimum atomic E-state index is -0.455. The van der Waals surface area contributed by atoms with Gasteiger partial charge in [0.15, 0.2) is 0 Å². The number of carbonyl (C=O) groups excluding carboxylic acids is 2. The molecule has 2 aromatic rings. The van der Waals surface area contributed by atoms with Crippen molar-refractivity contribution in [3.63, 3.8) is 0 Å². The number of nitrogens with one attached hydrogen (secondary N) is 2. The van der Waals surface area contributed by atoms with Crippen molar-refractivity contribution in [1.29, 1.82) is 0 Å². The van der Waals surface area contributed by atoms with Crippen LogP contribution >= 0.6 is 35.0 Å². The fourth-order valence-corrected chi connectivity index (χ4v) is 2.97. The van der Waals surface area contributed by atoms with E-state index in [0.29, 0.717) is 21.4 Å². The third-order valence-corrected chi connectivity index (χ3v) is 4.39. The Kier molecular flexibility index (Phi) is 6.77. The molecule has 0 spiro atoms. The lowest BCUT2D eigenvalue weighted by atomic mass is 10.2. The fraction of sp³-hybridized carbons (Fsp3) is 0.125. The topological polar surface area (TPSA) is 58.2 Å². The Labute approximate surface area is 148 Å². The highest BCUT2D eigenvalue weighted by Gasteiger charge is 2.10. The highest BCUT2D eigenvalue weighted by molar-refractivity contribution is 7.99. The minimum Gasteiger partial charge on any atom is -0.272 e. The Hall–Kier alpha value is -1.69. The second kappa shape index (κ2) is 8.82. The Balaban J connectivity index is 1.73. The van der Waals surface area contributed by atoms with Crippen LogP contribution in [0.5, 0.6) is 0 Å². The summed E-state index contributed by atoms with van der Waals surface area (Å²) >= 11 is 13.2. The first-order valence-electron chi connectivity index (χ1n) is 6.72. The van der Waals surface area contributed by atoms with Crippen molar-refractivity contribution in [3.8, 4) is 0 Å². The smallest absolute Gasteiger partial charge is 0.271 e. The molecule has 0 unspecified atom stereocenters. The third-order valence-electron chi connectivity index (χ3n) is 2.82. The maximum atomic E-state index is 11.9. The molecule has 2 rings (SSSR count). The molecule has 2 N–H and O–H groups in total. The van der Waals surface area contributed by atoms with Crippen molar-refractivity contribution < 1.29 is 9.59 Å². The van der Waals surface area contributed by atoms with Crippen LogP contribution in [0.1, 0.15) is 15.9 Å². The van der Waals surface area contributed by atoms with E-state index in [0.717, 1.165) is 5.56 Å². The Bertz CT molecular complexity index is 710. The van der Waals surface area contributed by atoms with Crippen LogP contribution in [0.3, 0.4) is 0 Å². The van der Waals surface area contributed by atoms with Crippen LogP contribution in [0.15, 0.2) is 48.5 Å². The summed E-state index contributed by atoms with van der Waals surface area (Å²) in [5.74, 6) is 0.128. The van der Waals surface area contributed by atoms with E-state index in [1.165, 1.54) is 11.8 Å². The van der Waals surface area contributed by atoms with Gasteiger partial charge < -0.3 is 0 Å². The van der Waals surface area contributed by atoms with Crippen LogP contribution in [0.4, 0.5) is 0 Å². The minimum absolute atomic E-state index is 0.218. The second-order valence-electron chi connectivity index (χ2n) is 4.60. The average molecular weight is 369 g/mol. The summed E-state index contributed by atoms with van der Waals surface area (Å²) in [5, 5.41) is 0.995. The van der Waals surface area contributed by atoms with Gasteiger partial charge in [0.2, 0.25) is 5.91 Å². The molecule has 0 aliphatic heterocycles. The number of carbonyl (C=O) groups is 2. The van der Waals surface area contributed by atoms with E-state index in [1.54, 1.807) is 30.3 Å². The average Bonchev–Trinajstić information content (AvgIpc) is 2.53. The Morgan fingerprint density at radius 1 is 1.00 bits per heavy atom. The third kappa shape index (κ3) is 5.78. The van der Waals surface area contributed by atoms with Crippen LogP contribution in [-0.4, -0.2) is 17.6 Å². The van der Waals surface area contributed by atoms with Gasteiger partial charge in [-0.3, -0.25) is 20.4 Å². The number of thioether (sulfide) groups is 1. The summed E-state index contributed by atoms with van der Waals surface area (Å²) in [4.78, 5) is 23.6. The van der Waals surface area contributed by atoms with Crippen molar-refractivity contribution in [1.82, 2.24) is 10.9 Å². The number of halogens is 2. The van der Waals surface area contributed by atoms with Gasteiger partial charge in [0.25, 0.3) is 5.91 Å². The predicted molar refractivity (Wildman–Crippen MR) is 94.7 cm³/mol. The second-order valence-corrected chi connectivity index (χ2v) is 6.43. The first-order valence-corrected chi connectivity index (χ1v) is 8.63. The molecule has 0 radical (unpaired) electrons. The SMILES string of the molecule is O=C(CSCc1cccc(Cl)c1)NNC(=O)c1ccccc1Cl.